The van der Waals surface area contributed by atoms with Gasteiger partial charge >= 0.3 is 0 Å². The van der Waals surface area contributed by atoms with Crippen LogP contribution in [-0.4, -0.2) is 24.6 Å². The highest BCUT2D eigenvalue weighted by Crippen LogP contribution is 2.51. The molecule has 0 aliphatic heterocycles. The van der Waals surface area contributed by atoms with Crippen LogP contribution in [-0.2, 0) is 0 Å². The number of thioether (sulfide) groups is 1. The minimum Gasteiger partial charge on any atom is -0.313 e. The van der Waals surface area contributed by atoms with Crippen molar-refractivity contribution in [1.29, 1.82) is 0 Å². The molecule has 2 aliphatic rings. The lowest BCUT2D eigenvalue weighted by molar-refractivity contribution is 0.0232. The van der Waals surface area contributed by atoms with Gasteiger partial charge in [0.1, 0.15) is 0 Å². The molecule has 0 heterocycles. The van der Waals surface area contributed by atoms with E-state index in [0.29, 0.717) is 0 Å². The maximum atomic E-state index is 3.83. The molecule has 16 heavy (non-hydrogen) atoms. The van der Waals surface area contributed by atoms with E-state index in [2.05, 4.69) is 11.6 Å². The van der Waals surface area contributed by atoms with Crippen molar-refractivity contribution >= 4 is 11.8 Å². The van der Waals surface area contributed by atoms with Crippen LogP contribution in [0.3, 0.4) is 0 Å². The minimum absolute atomic E-state index is 0.748. The summed E-state index contributed by atoms with van der Waals surface area (Å²) >= 11 is 1.97. The Morgan fingerprint density at radius 3 is 2.56 bits per heavy atom. The number of hydrogen-bond donors (Lipinski definition) is 1. The molecule has 2 heteroatoms. The third kappa shape index (κ3) is 2.95. The van der Waals surface area contributed by atoms with Gasteiger partial charge in [-0.15, -0.1) is 0 Å². The highest BCUT2D eigenvalue weighted by molar-refractivity contribution is 7.98. The Bertz CT molecular complexity index is 199. The summed E-state index contributed by atoms with van der Waals surface area (Å²) in [4.78, 5) is 0. The highest BCUT2D eigenvalue weighted by atomic mass is 32.2. The molecule has 1 spiro atoms. The second-order valence-electron chi connectivity index (χ2n) is 5.67. The molecule has 94 valence electrons. The van der Waals surface area contributed by atoms with Crippen LogP contribution in [0.5, 0.6) is 0 Å². The molecule has 0 radical (unpaired) electrons. The average Bonchev–Trinajstić information content (AvgIpc) is 2.33. The number of unbranched alkanes of at least 4 members (excludes halogenated alkanes) is 1. The van der Waals surface area contributed by atoms with Crippen molar-refractivity contribution in [3.8, 4) is 0 Å². The molecule has 0 saturated heterocycles. The lowest BCUT2D eigenvalue weighted by Gasteiger charge is -2.52. The molecule has 2 saturated carbocycles. The van der Waals surface area contributed by atoms with Crippen LogP contribution >= 0.6 is 11.8 Å². The number of hydrogen-bond acceptors (Lipinski definition) is 2. The van der Waals surface area contributed by atoms with Crippen molar-refractivity contribution in [2.45, 2.75) is 63.8 Å². The molecular weight excluding hydrogens is 214 g/mol. The summed E-state index contributed by atoms with van der Waals surface area (Å²) in [5.74, 6) is 1.33. The van der Waals surface area contributed by atoms with Gasteiger partial charge in [0, 0.05) is 6.04 Å². The van der Waals surface area contributed by atoms with E-state index in [-0.39, 0.29) is 0 Å². The van der Waals surface area contributed by atoms with Gasteiger partial charge in [-0.3, -0.25) is 0 Å². The third-order valence-corrected chi connectivity index (χ3v) is 5.38. The predicted octanol–water partition coefficient (Wildman–Crippen LogP) is 3.83. The molecule has 0 aromatic heterocycles. The molecule has 0 aromatic rings. The van der Waals surface area contributed by atoms with Crippen molar-refractivity contribution in [2.24, 2.45) is 5.41 Å². The van der Waals surface area contributed by atoms with Crippen LogP contribution in [0.4, 0.5) is 0 Å². The molecule has 1 atom stereocenters. The van der Waals surface area contributed by atoms with Gasteiger partial charge in [0.2, 0.25) is 0 Å². The molecular formula is C14H27NS. The molecule has 2 aliphatic carbocycles. The normalized spacial score (nSPS) is 27.9. The fourth-order valence-electron chi connectivity index (χ4n) is 3.52. The summed E-state index contributed by atoms with van der Waals surface area (Å²) in [6.07, 6.45) is 15.4. The van der Waals surface area contributed by atoms with E-state index in [1.807, 2.05) is 11.8 Å². The first-order valence-corrected chi connectivity index (χ1v) is 8.49. The van der Waals surface area contributed by atoms with Crippen LogP contribution < -0.4 is 5.32 Å². The van der Waals surface area contributed by atoms with E-state index in [1.165, 1.54) is 70.1 Å². The van der Waals surface area contributed by atoms with Crippen molar-refractivity contribution in [3.05, 3.63) is 0 Å². The molecule has 1 unspecified atom stereocenters. The lowest BCUT2D eigenvalue weighted by atomic mass is 9.57. The van der Waals surface area contributed by atoms with Crippen molar-refractivity contribution in [3.63, 3.8) is 0 Å². The molecule has 0 aromatic carbocycles. The summed E-state index contributed by atoms with van der Waals surface area (Å²) in [5, 5.41) is 3.83. The summed E-state index contributed by atoms with van der Waals surface area (Å²) < 4.78 is 0. The van der Waals surface area contributed by atoms with Crippen LogP contribution in [0, 0.1) is 5.41 Å². The first-order chi connectivity index (χ1) is 7.87. The molecule has 0 bridgehead atoms. The van der Waals surface area contributed by atoms with Crippen LogP contribution in [0.1, 0.15) is 57.8 Å². The van der Waals surface area contributed by atoms with Gasteiger partial charge in [-0.2, -0.15) is 11.8 Å². The Hall–Kier alpha value is 0.310. The Morgan fingerprint density at radius 2 is 1.94 bits per heavy atom. The maximum Gasteiger partial charge on any atom is 0.0124 e. The smallest absolute Gasteiger partial charge is 0.0124 e. The van der Waals surface area contributed by atoms with Gasteiger partial charge in [0.05, 0.1) is 0 Å². The van der Waals surface area contributed by atoms with Crippen molar-refractivity contribution < 1.29 is 0 Å². The minimum atomic E-state index is 0.748. The van der Waals surface area contributed by atoms with Gasteiger partial charge in [-0.25, -0.2) is 0 Å². The zero-order valence-corrected chi connectivity index (χ0v) is 11.6. The van der Waals surface area contributed by atoms with Crippen LogP contribution in [0.25, 0.3) is 0 Å². The first-order valence-electron chi connectivity index (χ1n) is 7.10. The molecule has 1 N–H and O–H groups in total. The van der Waals surface area contributed by atoms with Gasteiger partial charge in [0.25, 0.3) is 0 Å². The largest absolute Gasteiger partial charge is 0.313 e. The van der Waals surface area contributed by atoms with Gasteiger partial charge in [0.15, 0.2) is 0 Å². The van der Waals surface area contributed by atoms with Crippen LogP contribution in [0.15, 0.2) is 0 Å². The fraction of sp³-hybridized carbons (Fsp3) is 1.00. The summed E-state index contributed by atoms with van der Waals surface area (Å²) in [6, 6.07) is 0.877. The van der Waals surface area contributed by atoms with Gasteiger partial charge < -0.3 is 5.32 Å². The Balaban J connectivity index is 1.62. The lowest BCUT2D eigenvalue weighted by Crippen LogP contribution is -2.54. The Morgan fingerprint density at radius 1 is 1.12 bits per heavy atom. The zero-order valence-electron chi connectivity index (χ0n) is 10.8. The summed E-state index contributed by atoms with van der Waals surface area (Å²) in [6.45, 7) is 1.26. The Labute approximate surface area is 105 Å². The van der Waals surface area contributed by atoms with E-state index < -0.39 is 0 Å². The van der Waals surface area contributed by atoms with Gasteiger partial charge in [-0.1, -0.05) is 19.3 Å². The standard InChI is InChI=1S/C14H27NS/c1-16-12-6-5-11-15-13-7-10-14(13)8-3-2-4-9-14/h13,15H,2-12H2,1H3. The Kier molecular flexibility index (Phi) is 5.02. The summed E-state index contributed by atoms with van der Waals surface area (Å²) in [5.41, 5.74) is 0.748. The van der Waals surface area contributed by atoms with E-state index in [4.69, 9.17) is 0 Å². The summed E-state index contributed by atoms with van der Waals surface area (Å²) in [7, 11) is 0. The molecule has 2 fully saturated rings. The second-order valence-corrected chi connectivity index (χ2v) is 6.65. The number of rotatable bonds is 6. The highest BCUT2D eigenvalue weighted by Gasteiger charge is 2.46. The zero-order chi connectivity index (χ0) is 11.3. The van der Waals surface area contributed by atoms with Crippen LogP contribution in [0.2, 0.25) is 0 Å². The second kappa shape index (κ2) is 6.30. The molecule has 0 amide bonds. The topological polar surface area (TPSA) is 12.0 Å². The van der Waals surface area contributed by atoms with E-state index in [1.54, 1.807) is 0 Å². The first kappa shape index (κ1) is 12.8. The molecule has 2 rings (SSSR count). The van der Waals surface area contributed by atoms with Crippen molar-refractivity contribution in [1.82, 2.24) is 5.32 Å². The van der Waals surface area contributed by atoms with Gasteiger partial charge in [-0.05, 0) is 62.5 Å². The third-order valence-electron chi connectivity index (χ3n) is 4.69. The quantitative estimate of drug-likeness (QED) is 0.709. The van der Waals surface area contributed by atoms with E-state index in [0.717, 1.165) is 11.5 Å². The SMILES string of the molecule is CSCCCCNC1CCC12CCCCC2. The maximum absolute atomic E-state index is 3.83. The van der Waals surface area contributed by atoms with E-state index >= 15 is 0 Å². The monoisotopic (exact) mass is 241 g/mol. The average molecular weight is 241 g/mol. The fourth-order valence-corrected chi connectivity index (χ4v) is 4.01. The molecule has 1 nitrogen and oxygen atoms in total. The predicted molar refractivity (Wildman–Crippen MR) is 74.2 cm³/mol. The number of nitrogens with one attached hydrogen (secondary N) is 1. The van der Waals surface area contributed by atoms with Crippen molar-refractivity contribution in [2.75, 3.05) is 18.6 Å². The van der Waals surface area contributed by atoms with E-state index in [9.17, 15) is 0 Å².